The van der Waals surface area contributed by atoms with E-state index in [2.05, 4.69) is 58.7 Å². The zero-order valence-corrected chi connectivity index (χ0v) is 13.8. The number of benzene rings is 2. The van der Waals surface area contributed by atoms with Crippen molar-refractivity contribution < 1.29 is 4.52 Å². The Morgan fingerprint density at radius 3 is 2.33 bits per heavy atom. The summed E-state index contributed by atoms with van der Waals surface area (Å²) < 4.78 is 5.32. The van der Waals surface area contributed by atoms with Crippen molar-refractivity contribution in [2.24, 2.45) is 5.73 Å². The molecule has 0 saturated carbocycles. The summed E-state index contributed by atoms with van der Waals surface area (Å²) in [5.41, 5.74) is 9.12. The molecule has 0 amide bonds. The molecule has 1 heterocycles. The molecule has 0 unspecified atom stereocenters. The van der Waals surface area contributed by atoms with Gasteiger partial charge in [0.1, 0.15) is 0 Å². The Hall–Kier alpha value is -2.46. The quantitative estimate of drug-likeness (QED) is 0.637. The first-order valence-electron chi connectivity index (χ1n) is 8.51. The van der Waals surface area contributed by atoms with Crippen LogP contribution in [0.5, 0.6) is 0 Å². The minimum absolute atomic E-state index is 0.696. The first kappa shape index (κ1) is 16.4. The van der Waals surface area contributed by atoms with E-state index in [4.69, 9.17) is 10.3 Å². The van der Waals surface area contributed by atoms with Gasteiger partial charge in [-0.25, -0.2) is 0 Å². The second kappa shape index (κ2) is 8.41. The van der Waals surface area contributed by atoms with Gasteiger partial charge in [0.2, 0.25) is 5.89 Å². The first-order valence-corrected chi connectivity index (χ1v) is 8.51. The molecule has 0 fully saturated rings. The van der Waals surface area contributed by atoms with E-state index in [9.17, 15) is 0 Å². The molecule has 0 aliphatic rings. The van der Waals surface area contributed by atoms with Gasteiger partial charge in [-0.15, -0.1) is 0 Å². The van der Waals surface area contributed by atoms with Crippen LogP contribution in [0.4, 0.5) is 0 Å². The Morgan fingerprint density at radius 1 is 0.833 bits per heavy atom. The van der Waals surface area contributed by atoms with Crippen LogP contribution in [0.1, 0.15) is 36.5 Å². The summed E-state index contributed by atoms with van der Waals surface area (Å²) >= 11 is 0. The van der Waals surface area contributed by atoms with E-state index in [-0.39, 0.29) is 0 Å². The van der Waals surface area contributed by atoms with Crippen LogP contribution < -0.4 is 5.73 Å². The lowest BCUT2D eigenvalue weighted by Gasteiger charge is -2.03. The third kappa shape index (κ3) is 4.52. The molecule has 0 spiro atoms. The van der Waals surface area contributed by atoms with E-state index in [1.807, 2.05) is 6.07 Å². The fraction of sp³-hybridized carbons (Fsp3) is 0.300. The van der Waals surface area contributed by atoms with Crippen LogP contribution in [0, 0.1) is 0 Å². The topological polar surface area (TPSA) is 64.9 Å². The van der Waals surface area contributed by atoms with Gasteiger partial charge in [-0.2, -0.15) is 4.98 Å². The van der Waals surface area contributed by atoms with Crippen molar-refractivity contribution in [2.45, 2.75) is 32.1 Å². The molecular weight excluding hydrogens is 298 g/mol. The van der Waals surface area contributed by atoms with Gasteiger partial charge in [0.25, 0.3) is 0 Å². The molecule has 0 atom stereocenters. The zero-order valence-electron chi connectivity index (χ0n) is 13.8. The summed E-state index contributed by atoms with van der Waals surface area (Å²) in [7, 11) is 0. The first-order chi connectivity index (χ1) is 11.8. The van der Waals surface area contributed by atoms with E-state index < -0.39 is 0 Å². The minimum Gasteiger partial charge on any atom is -0.339 e. The summed E-state index contributed by atoms with van der Waals surface area (Å²) in [5.74, 6) is 1.47. The number of nitrogens with zero attached hydrogens (tertiary/aromatic N) is 2. The van der Waals surface area contributed by atoms with Crippen LogP contribution in [0.3, 0.4) is 0 Å². The van der Waals surface area contributed by atoms with Crippen LogP contribution in [-0.4, -0.2) is 16.7 Å². The average Bonchev–Trinajstić information content (AvgIpc) is 3.07. The van der Waals surface area contributed by atoms with E-state index >= 15 is 0 Å². The fourth-order valence-electron chi connectivity index (χ4n) is 2.69. The smallest absolute Gasteiger partial charge is 0.226 e. The van der Waals surface area contributed by atoms with Crippen molar-refractivity contribution >= 4 is 0 Å². The van der Waals surface area contributed by atoms with Crippen LogP contribution in [0.2, 0.25) is 0 Å². The summed E-state index contributed by atoms with van der Waals surface area (Å²) in [6, 6.07) is 18.9. The van der Waals surface area contributed by atoms with Crippen LogP contribution in [0.25, 0.3) is 11.1 Å². The van der Waals surface area contributed by atoms with E-state index in [1.54, 1.807) is 0 Å². The summed E-state index contributed by atoms with van der Waals surface area (Å²) in [6.07, 6.45) is 4.73. The van der Waals surface area contributed by atoms with Crippen molar-refractivity contribution in [1.82, 2.24) is 10.1 Å². The van der Waals surface area contributed by atoms with Gasteiger partial charge in [0, 0.05) is 12.8 Å². The molecular formula is C20H23N3O. The molecule has 124 valence electrons. The normalized spacial score (nSPS) is 10.9. The number of hydrogen-bond acceptors (Lipinski definition) is 4. The molecule has 0 bridgehead atoms. The van der Waals surface area contributed by atoms with Crippen LogP contribution >= 0.6 is 0 Å². The second-order valence-electron chi connectivity index (χ2n) is 5.94. The second-order valence-corrected chi connectivity index (χ2v) is 5.94. The molecule has 4 heteroatoms. The Morgan fingerprint density at radius 2 is 1.58 bits per heavy atom. The van der Waals surface area contributed by atoms with Crippen LogP contribution in [-0.2, 0) is 12.8 Å². The van der Waals surface area contributed by atoms with Gasteiger partial charge < -0.3 is 10.3 Å². The minimum atomic E-state index is 0.696. The summed E-state index contributed by atoms with van der Waals surface area (Å²) in [6.45, 7) is 0.744. The molecule has 1 aromatic heterocycles. The number of nitrogens with two attached hydrogens (primary N) is 1. The van der Waals surface area contributed by atoms with Crippen LogP contribution in [0.15, 0.2) is 59.1 Å². The molecule has 0 saturated heterocycles. The van der Waals surface area contributed by atoms with Gasteiger partial charge in [-0.3, -0.25) is 0 Å². The number of aromatic nitrogens is 2. The van der Waals surface area contributed by atoms with Crippen molar-refractivity contribution in [2.75, 3.05) is 6.54 Å². The Labute approximate surface area is 142 Å². The van der Waals surface area contributed by atoms with Crippen molar-refractivity contribution in [3.63, 3.8) is 0 Å². The van der Waals surface area contributed by atoms with E-state index in [0.717, 1.165) is 43.9 Å². The predicted octanol–water partition coefficient (Wildman–Crippen LogP) is 4.00. The van der Waals surface area contributed by atoms with Gasteiger partial charge >= 0.3 is 0 Å². The van der Waals surface area contributed by atoms with Gasteiger partial charge in [0.15, 0.2) is 5.82 Å². The molecule has 2 aromatic carbocycles. The predicted molar refractivity (Wildman–Crippen MR) is 95.6 cm³/mol. The highest BCUT2D eigenvalue weighted by molar-refractivity contribution is 5.63. The van der Waals surface area contributed by atoms with Crippen molar-refractivity contribution in [3.05, 3.63) is 71.9 Å². The van der Waals surface area contributed by atoms with Crippen molar-refractivity contribution in [1.29, 1.82) is 0 Å². The van der Waals surface area contributed by atoms with Crippen molar-refractivity contribution in [3.8, 4) is 11.1 Å². The number of hydrogen-bond donors (Lipinski definition) is 1. The number of unbranched alkanes of at least 4 members (excludes halogenated alkanes) is 2. The van der Waals surface area contributed by atoms with Gasteiger partial charge in [-0.05, 0) is 36.1 Å². The molecule has 0 radical (unpaired) electrons. The SMILES string of the molecule is NCCCCCc1nc(Cc2ccc(-c3ccccc3)cc2)no1. The maximum Gasteiger partial charge on any atom is 0.226 e. The van der Waals surface area contributed by atoms with Gasteiger partial charge in [-0.1, -0.05) is 66.2 Å². The number of aryl methyl sites for hydroxylation is 1. The largest absolute Gasteiger partial charge is 0.339 e. The maximum atomic E-state index is 5.49. The fourth-order valence-corrected chi connectivity index (χ4v) is 2.69. The van der Waals surface area contributed by atoms with E-state index in [1.165, 1.54) is 16.7 Å². The highest BCUT2D eigenvalue weighted by atomic mass is 16.5. The summed E-state index contributed by atoms with van der Waals surface area (Å²) in [5, 5.41) is 4.08. The molecule has 4 nitrogen and oxygen atoms in total. The van der Waals surface area contributed by atoms with Gasteiger partial charge in [0.05, 0.1) is 0 Å². The lowest BCUT2D eigenvalue weighted by molar-refractivity contribution is 0.369. The van der Waals surface area contributed by atoms with E-state index in [0.29, 0.717) is 6.42 Å². The molecule has 3 aromatic rings. The lowest BCUT2D eigenvalue weighted by atomic mass is 10.0. The number of rotatable bonds is 8. The Bertz CT molecular complexity index is 735. The Balaban J connectivity index is 1.57. The maximum absolute atomic E-state index is 5.49. The molecule has 0 aliphatic heterocycles. The monoisotopic (exact) mass is 321 g/mol. The third-order valence-corrected chi connectivity index (χ3v) is 4.03. The average molecular weight is 321 g/mol. The standard InChI is InChI=1S/C20H23N3O/c21-14-6-2-5-9-20-22-19(23-24-20)15-16-10-12-18(13-11-16)17-7-3-1-4-8-17/h1,3-4,7-8,10-13H,2,5-6,9,14-15,21H2. The third-order valence-electron chi connectivity index (χ3n) is 4.03. The molecule has 24 heavy (non-hydrogen) atoms. The summed E-state index contributed by atoms with van der Waals surface area (Å²) in [4.78, 5) is 4.47. The molecule has 2 N–H and O–H groups in total. The molecule has 0 aliphatic carbocycles. The Kier molecular flexibility index (Phi) is 5.75. The highest BCUT2D eigenvalue weighted by Crippen LogP contribution is 2.20. The lowest BCUT2D eigenvalue weighted by Crippen LogP contribution is -1.98. The zero-order chi connectivity index (χ0) is 16.6. The molecule has 3 rings (SSSR count). The highest BCUT2D eigenvalue weighted by Gasteiger charge is 2.07.